The van der Waals surface area contributed by atoms with Crippen LogP contribution >= 0.6 is 0 Å². The summed E-state index contributed by atoms with van der Waals surface area (Å²) in [7, 11) is 1.53. The van der Waals surface area contributed by atoms with Crippen LogP contribution in [0, 0.1) is 0 Å². The highest BCUT2D eigenvalue weighted by Gasteiger charge is 2.35. The van der Waals surface area contributed by atoms with Gasteiger partial charge in [-0.25, -0.2) is 18.9 Å². The first-order chi connectivity index (χ1) is 15.5. The van der Waals surface area contributed by atoms with Crippen molar-refractivity contribution in [1.29, 1.82) is 0 Å². The van der Waals surface area contributed by atoms with Crippen LogP contribution in [0.5, 0.6) is 11.6 Å². The first-order valence-electron chi connectivity index (χ1n) is 9.86. The van der Waals surface area contributed by atoms with E-state index in [2.05, 4.69) is 20.4 Å². The number of nitrogens with one attached hydrogen (secondary N) is 1. The molecule has 32 heavy (non-hydrogen) atoms. The van der Waals surface area contributed by atoms with Crippen LogP contribution in [0.4, 0.5) is 13.2 Å². The number of nitrogens with zero attached hydrogens (tertiary/aromatic N) is 4. The minimum absolute atomic E-state index is 0.00807. The number of imidazole rings is 1. The van der Waals surface area contributed by atoms with Gasteiger partial charge in [0, 0.05) is 29.9 Å². The number of hydrogen-bond donors (Lipinski definition) is 1. The molecule has 0 radical (unpaired) electrons. The summed E-state index contributed by atoms with van der Waals surface area (Å²) in [6, 6.07) is 12.8. The Morgan fingerprint density at radius 1 is 1.12 bits per heavy atom. The van der Waals surface area contributed by atoms with Crippen molar-refractivity contribution in [3.05, 3.63) is 71.7 Å². The van der Waals surface area contributed by atoms with Crippen molar-refractivity contribution in [2.24, 2.45) is 0 Å². The zero-order chi connectivity index (χ0) is 22.2. The first-order valence-corrected chi connectivity index (χ1v) is 9.86. The fourth-order valence-corrected chi connectivity index (χ4v) is 3.87. The fourth-order valence-electron chi connectivity index (χ4n) is 3.87. The molecule has 0 bridgehead atoms. The molecule has 0 unspecified atom stereocenters. The molecule has 0 amide bonds. The van der Waals surface area contributed by atoms with Crippen LogP contribution in [-0.2, 0) is 0 Å². The number of pyridine rings is 1. The molecule has 1 aliphatic rings. The van der Waals surface area contributed by atoms with Crippen molar-refractivity contribution in [2.45, 2.75) is 18.8 Å². The number of aromatic nitrogens is 4. The van der Waals surface area contributed by atoms with Gasteiger partial charge in [0.2, 0.25) is 5.88 Å². The predicted molar refractivity (Wildman–Crippen MR) is 110 cm³/mol. The molecule has 3 aromatic heterocycles. The average Bonchev–Trinajstić information content (AvgIpc) is 3.19. The van der Waals surface area contributed by atoms with Crippen molar-refractivity contribution < 1.29 is 22.6 Å². The highest BCUT2D eigenvalue weighted by molar-refractivity contribution is 5.60. The molecule has 10 heteroatoms. The number of ether oxygens (including phenoxy) is 2. The van der Waals surface area contributed by atoms with E-state index in [0.717, 1.165) is 5.56 Å². The molecule has 7 nitrogen and oxygen atoms in total. The van der Waals surface area contributed by atoms with E-state index in [0.29, 0.717) is 28.5 Å². The van der Waals surface area contributed by atoms with Crippen LogP contribution in [0.15, 0.2) is 54.7 Å². The second-order valence-corrected chi connectivity index (χ2v) is 7.19. The molecule has 1 N–H and O–H groups in total. The highest BCUT2D eigenvalue weighted by atomic mass is 19.3. The third-order valence-corrected chi connectivity index (χ3v) is 5.30. The van der Waals surface area contributed by atoms with Gasteiger partial charge in [-0.15, -0.1) is 0 Å². The zero-order valence-electron chi connectivity index (χ0n) is 16.9. The molecule has 4 aromatic rings. The Bertz CT molecular complexity index is 1260. The molecule has 0 saturated heterocycles. The molecule has 0 saturated carbocycles. The summed E-state index contributed by atoms with van der Waals surface area (Å²) < 4.78 is 52.0. The summed E-state index contributed by atoms with van der Waals surface area (Å²) in [5.41, 5.74) is 2.87. The number of para-hydroxylation sites is 1. The van der Waals surface area contributed by atoms with E-state index in [4.69, 9.17) is 9.47 Å². The number of alkyl halides is 3. The van der Waals surface area contributed by atoms with E-state index in [1.165, 1.54) is 17.7 Å². The van der Waals surface area contributed by atoms with Crippen LogP contribution in [0.1, 0.15) is 29.2 Å². The molecule has 164 valence electrons. The van der Waals surface area contributed by atoms with E-state index in [1.807, 2.05) is 6.07 Å². The smallest absolute Gasteiger partial charge is 0.387 e. The van der Waals surface area contributed by atoms with Crippen molar-refractivity contribution >= 4 is 5.65 Å². The Morgan fingerprint density at radius 3 is 2.72 bits per heavy atom. The molecule has 0 spiro atoms. The Kier molecular flexibility index (Phi) is 5.14. The maximum Gasteiger partial charge on any atom is 0.387 e. The molecule has 0 fully saturated rings. The van der Waals surface area contributed by atoms with E-state index >= 15 is 0 Å². The number of hydrogen-bond acceptors (Lipinski definition) is 6. The third kappa shape index (κ3) is 3.52. The van der Waals surface area contributed by atoms with E-state index in [9.17, 15) is 13.2 Å². The summed E-state index contributed by atoms with van der Waals surface area (Å²) in [5, 5.41) is 7.73. The van der Waals surface area contributed by atoms with Gasteiger partial charge in [0.25, 0.3) is 0 Å². The van der Waals surface area contributed by atoms with Crippen LogP contribution in [0.25, 0.3) is 16.9 Å². The van der Waals surface area contributed by atoms with Crippen LogP contribution < -0.4 is 14.8 Å². The third-order valence-electron chi connectivity index (χ3n) is 5.30. The van der Waals surface area contributed by atoms with Crippen molar-refractivity contribution in [3.8, 4) is 22.9 Å². The summed E-state index contributed by atoms with van der Waals surface area (Å²) in [5.74, 6) is 0.476. The van der Waals surface area contributed by atoms with Gasteiger partial charge in [0.1, 0.15) is 11.4 Å². The van der Waals surface area contributed by atoms with Gasteiger partial charge in [-0.05, 0) is 24.3 Å². The number of benzene rings is 1. The maximum atomic E-state index is 14.8. The van der Waals surface area contributed by atoms with E-state index in [-0.39, 0.29) is 18.0 Å². The van der Waals surface area contributed by atoms with Gasteiger partial charge >= 0.3 is 6.61 Å². The van der Waals surface area contributed by atoms with Crippen molar-refractivity contribution in [3.63, 3.8) is 0 Å². The second-order valence-electron chi connectivity index (χ2n) is 7.19. The van der Waals surface area contributed by atoms with Crippen LogP contribution in [-0.4, -0.2) is 39.8 Å². The molecule has 2 atom stereocenters. The lowest BCUT2D eigenvalue weighted by Gasteiger charge is -2.27. The lowest BCUT2D eigenvalue weighted by Crippen LogP contribution is -2.33. The molecule has 4 heterocycles. The van der Waals surface area contributed by atoms with Gasteiger partial charge in [-0.1, -0.05) is 18.2 Å². The molecular formula is C22H18F3N5O2. The van der Waals surface area contributed by atoms with Gasteiger partial charge in [-0.3, -0.25) is 0 Å². The Balaban J connectivity index is 1.65. The minimum Gasteiger partial charge on any atom is -0.481 e. The Hall–Kier alpha value is -3.66. The number of fused-ring (bicyclic) bond motifs is 3. The van der Waals surface area contributed by atoms with Gasteiger partial charge in [-0.2, -0.15) is 13.9 Å². The summed E-state index contributed by atoms with van der Waals surface area (Å²) in [6.45, 7) is -3.00. The van der Waals surface area contributed by atoms with Gasteiger partial charge in [0.15, 0.2) is 11.8 Å². The fraction of sp³-hybridized carbons (Fsp3) is 0.227. The Labute approximate surface area is 180 Å². The topological polar surface area (TPSA) is 73.6 Å². The molecule has 5 rings (SSSR count). The zero-order valence-corrected chi connectivity index (χ0v) is 16.9. The van der Waals surface area contributed by atoms with E-state index in [1.54, 1.807) is 42.6 Å². The van der Waals surface area contributed by atoms with Crippen LogP contribution in [0.3, 0.4) is 0 Å². The van der Waals surface area contributed by atoms with Gasteiger partial charge in [0.05, 0.1) is 24.5 Å². The van der Waals surface area contributed by atoms with Gasteiger partial charge < -0.3 is 14.8 Å². The predicted octanol–water partition coefficient (Wildman–Crippen LogP) is 4.10. The lowest BCUT2D eigenvalue weighted by molar-refractivity contribution is -0.0506. The first kappa shape index (κ1) is 20.3. The van der Waals surface area contributed by atoms with Crippen molar-refractivity contribution in [1.82, 2.24) is 24.9 Å². The summed E-state index contributed by atoms with van der Waals surface area (Å²) in [6.07, 6.45) is 0.257. The SMILES string of the molecule is COc1ccc(-c2ccc3nc4c(n3n2)[C@@H](c2ccccc2OC(F)F)NC[C@H]4F)cn1. The highest BCUT2D eigenvalue weighted by Crippen LogP contribution is 2.38. The maximum absolute atomic E-state index is 14.8. The van der Waals surface area contributed by atoms with E-state index < -0.39 is 18.8 Å². The standard InChI is InChI=1S/C22H18F3N5O2/c1-31-18-9-6-12(10-26-18)15-7-8-17-28-20-14(23)11-27-19(21(20)30(17)29-15)13-4-2-3-5-16(13)32-22(24)25/h2-10,14,19,22,27H,11H2,1H3/t14-,19-/m1/s1. The Morgan fingerprint density at radius 2 is 1.97 bits per heavy atom. The van der Waals surface area contributed by atoms with Crippen molar-refractivity contribution in [2.75, 3.05) is 13.7 Å². The lowest BCUT2D eigenvalue weighted by atomic mass is 9.96. The number of halogens is 3. The summed E-state index contributed by atoms with van der Waals surface area (Å²) in [4.78, 5) is 8.62. The average molecular weight is 441 g/mol. The number of rotatable bonds is 5. The monoisotopic (exact) mass is 441 g/mol. The minimum atomic E-state index is -2.98. The largest absolute Gasteiger partial charge is 0.481 e. The molecule has 1 aliphatic heterocycles. The molecular weight excluding hydrogens is 423 g/mol. The molecule has 0 aliphatic carbocycles. The quantitative estimate of drug-likeness (QED) is 0.503. The summed E-state index contributed by atoms with van der Waals surface area (Å²) >= 11 is 0. The normalized spacial score (nSPS) is 18.0. The van der Waals surface area contributed by atoms with Crippen LogP contribution in [0.2, 0.25) is 0 Å². The number of methoxy groups -OCH3 is 1. The molecule has 1 aromatic carbocycles. The second kappa shape index (κ2) is 8.12.